The first kappa shape index (κ1) is 26.6. The summed E-state index contributed by atoms with van der Waals surface area (Å²) in [7, 11) is 0. The Balaban J connectivity index is 1.50. The molecule has 0 spiro atoms. The number of aromatic nitrogens is 1. The second kappa shape index (κ2) is 11.1. The molecule has 2 aliphatic heterocycles. The van der Waals surface area contributed by atoms with Crippen LogP contribution in [0.15, 0.2) is 66.2 Å². The molecule has 9 nitrogen and oxygen atoms in total. The lowest BCUT2D eigenvalue weighted by atomic mass is 9.95. The fourth-order valence-corrected chi connectivity index (χ4v) is 5.96. The number of ether oxygens (including phenoxy) is 4. The van der Waals surface area contributed by atoms with Crippen molar-refractivity contribution in [3.8, 4) is 23.0 Å². The molecule has 0 unspecified atom stereocenters. The van der Waals surface area contributed by atoms with E-state index < -0.39 is 17.7 Å². The fourth-order valence-electron chi connectivity index (χ4n) is 4.94. The normalized spacial score (nSPS) is 17.7. The average Bonchev–Trinajstić information content (AvgIpc) is 3.53. The number of Topliss-reactive ketones (excluding diaryl/α,β-unsaturated/α-hetero) is 1. The number of fused-ring (bicyclic) bond motifs is 2. The zero-order chi connectivity index (χ0) is 28.5. The van der Waals surface area contributed by atoms with Gasteiger partial charge in [-0.1, -0.05) is 30.4 Å². The van der Waals surface area contributed by atoms with Gasteiger partial charge in [-0.15, -0.1) is 0 Å². The van der Waals surface area contributed by atoms with Gasteiger partial charge in [0.05, 0.1) is 35.0 Å². The summed E-state index contributed by atoms with van der Waals surface area (Å²) in [6.45, 7) is 5.74. The summed E-state index contributed by atoms with van der Waals surface area (Å²) < 4.78 is 23.6. The van der Waals surface area contributed by atoms with Crippen LogP contribution in [0, 0.1) is 0 Å². The quantitative estimate of drug-likeness (QED) is 0.158. The highest BCUT2D eigenvalue weighted by Crippen LogP contribution is 2.46. The Morgan fingerprint density at radius 1 is 1.00 bits per heavy atom. The Labute approximate surface area is 240 Å². The van der Waals surface area contributed by atoms with E-state index >= 15 is 0 Å². The second-order valence-electron chi connectivity index (χ2n) is 9.51. The number of rotatable bonds is 8. The zero-order valence-electron chi connectivity index (χ0n) is 22.6. The highest BCUT2D eigenvalue weighted by molar-refractivity contribution is 7.22. The van der Waals surface area contributed by atoms with Crippen molar-refractivity contribution < 1.29 is 33.6 Å². The summed E-state index contributed by atoms with van der Waals surface area (Å²) >= 11 is 1.27. The van der Waals surface area contributed by atoms with Crippen LogP contribution in [0.1, 0.15) is 37.4 Å². The van der Waals surface area contributed by atoms with E-state index in [4.69, 9.17) is 23.9 Å². The van der Waals surface area contributed by atoms with Gasteiger partial charge in [0.25, 0.3) is 5.78 Å². The van der Waals surface area contributed by atoms with Gasteiger partial charge < -0.3 is 24.1 Å². The smallest absolute Gasteiger partial charge is 0.301 e. The third kappa shape index (κ3) is 4.95. The first-order valence-electron chi connectivity index (χ1n) is 13.5. The molecule has 210 valence electrons. The topological polar surface area (TPSA) is 107 Å². The van der Waals surface area contributed by atoms with Gasteiger partial charge in [-0.25, -0.2) is 4.98 Å². The first-order valence-corrected chi connectivity index (χ1v) is 14.3. The molecule has 41 heavy (non-hydrogen) atoms. The number of carbonyl (C=O) groups is 2. The van der Waals surface area contributed by atoms with Crippen molar-refractivity contribution in [3.63, 3.8) is 0 Å². The van der Waals surface area contributed by atoms with Gasteiger partial charge in [0, 0.05) is 5.56 Å². The summed E-state index contributed by atoms with van der Waals surface area (Å²) in [5.74, 6) is 0.388. The molecule has 1 N–H and O–H groups in total. The van der Waals surface area contributed by atoms with E-state index in [-0.39, 0.29) is 11.3 Å². The Kier molecular flexibility index (Phi) is 7.23. The number of ketones is 1. The van der Waals surface area contributed by atoms with Crippen molar-refractivity contribution in [2.75, 3.05) is 31.3 Å². The monoisotopic (exact) mass is 572 g/mol. The molecular weight excluding hydrogens is 544 g/mol. The molecule has 0 radical (unpaired) electrons. The van der Waals surface area contributed by atoms with E-state index in [0.717, 1.165) is 11.1 Å². The van der Waals surface area contributed by atoms with Gasteiger partial charge in [0.2, 0.25) is 0 Å². The van der Waals surface area contributed by atoms with Gasteiger partial charge in [0.1, 0.15) is 30.5 Å². The Hall–Kier alpha value is -4.57. The predicted molar refractivity (Wildman–Crippen MR) is 155 cm³/mol. The van der Waals surface area contributed by atoms with Gasteiger partial charge >= 0.3 is 5.91 Å². The lowest BCUT2D eigenvalue weighted by Gasteiger charge is -2.23. The average molecular weight is 573 g/mol. The zero-order valence-corrected chi connectivity index (χ0v) is 23.4. The number of hydrogen-bond acceptors (Lipinski definition) is 9. The summed E-state index contributed by atoms with van der Waals surface area (Å²) in [5, 5.41) is 11.9. The number of anilines is 1. The Morgan fingerprint density at radius 3 is 2.61 bits per heavy atom. The summed E-state index contributed by atoms with van der Waals surface area (Å²) in [6.07, 6.45) is 0.822. The molecule has 2 aliphatic rings. The third-order valence-corrected chi connectivity index (χ3v) is 7.79. The molecule has 3 aromatic carbocycles. The maximum atomic E-state index is 13.7. The number of nitrogens with zero attached hydrogens (tertiary/aromatic N) is 2. The van der Waals surface area contributed by atoms with E-state index in [2.05, 4.69) is 0 Å². The van der Waals surface area contributed by atoms with E-state index in [1.54, 1.807) is 36.4 Å². The SMILES string of the molecule is CCCOc1cccc([C@@H]2/C(=C(\O)c3ccc4c(c3)OCCO4)C(=O)C(=O)N2c2nc3ccc(OCC)cc3s2)c1. The lowest BCUT2D eigenvalue weighted by Crippen LogP contribution is -2.29. The Bertz CT molecular complexity index is 1680. The molecular formula is C31H28N2O7S. The molecule has 1 aromatic heterocycles. The van der Waals surface area contributed by atoms with Crippen LogP contribution < -0.4 is 23.8 Å². The number of carbonyl (C=O) groups excluding carboxylic acids is 2. The number of aliphatic hydroxyl groups excluding tert-OH is 1. The van der Waals surface area contributed by atoms with Crippen LogP contribution in [0.25, 0.3) is 16.0 Å². The Morgan fingerprint density at radius 2 is 1.80 bits per heavy atom. The van der Waals surface area contributed by atoms with Crippen molar-refractivity contribution in [2.45, 2.75) is 26.3 Å². The molecule has 1 amide bonds. The number of aliphatic hydroxyl groups is 1. The fraction of sp³-hybridized carbons (Fsp3) is 0.258. The molecule has 0 saturated carbocycles. The summed E-state index contributed by atoms with van der Waals surface area (Å²) in [4.78, 5) is 33.4. The van der Waals surface area contributed by atoms with Crippen LogP contribution in [0.3, 0.4) is 0 Å². The highest BCUT2D eigenvalue weighted by atomic mass is 32.1. The number of amides is 1. The highest BCUT2D eigenvalue weighted by Gasteiger charge is 2.48. The molecule has 10 heteroatoms. The maximum absolute atomic E-state index is 13.7. The van der Waals surface area contributed by atoms with Crippen molar-refractivity contribution >= 4 is 44.1 Å². The van der Waals surface area contributed by atoms with E-state index in [0.29, 0.717) is 71.2 Å². The minimum absolute atomic E-state index is 0.0476. The van der Waals surface area contributed by atoms with Crippen molar-refractivity contribution in [1.29, 1.82) is 0 Å². The van der Waals surface area contributed by atoms with Crippen LogP contribution in [0.2, 0.25) is 0 Å². The van der Waals surface area contributed by atoms with Crippen LogP contribution in [0.5, 0.6) is 23.0 Å². The molecule has 1 fully saturated rings. The van der Waals surface area contributed by atoms with E-state index in [9.17, 15) is 14.7 Å². The molecule has 1 saturated heterocycles. The largest absolute Gasteiger partial charge is 0.507 e. The number of hydrogen-bond donors (Lipinski definition) is 1. The van der Waals surface area contributed by atoms with Gasteiger partial charge in [-0.3, -0.25) is 14.5 Å². The van der Waals surface area contributed by atoms with Crippen molar-refractivity contribution in [1.82, 2.24) is 4.98 Å². The van der Waals surface area contributed by atoms with Crippen molar-refractivity contribution in [2.24, 2.45) is 0 Å². The van der Waals surface area contributed by atoms with Crippen LogP contribution >= 0.6 is 11.3 Å². The number of thiazole rings is 1. The maximum Gasteiger partial charge on any atom is 0.301 e. The standard InChI is InChI=1S/C31H28N2O7S/c1-3-12-38-20-7-5-6-18(15-20)27-26(28(34)19-8-11-23-24(16-19)40-14-13-39-23)29(35)30(36)33(27)31-32-22-10-9-21(37-4-2)17-25(22)41-31/h5-11,15-17,27,34H,3-4,12-14H2,1-2H3/b28-26+/t27-/m1/s1. The minimum Gasteiger partial charge on any atom is -0.507 e. The van der Waals surface area contributed by atoms with Gasteiger partial charge in [0.15, 0.2) is 16.6 Å². The van der Waals surface area contributed by atoms with E-state index in [1.807, 2.05) is 38.1 Å². The van der Waals surface area contributed by atoms with Gasteiger partial charge in [-0.2, -0.15) is 0 Å². The van der Waals surface area contributed by atoms with Gasteiger partial charge in [-0.05, 0) is 67.4 Å². The van der Waals surface area contributed by atoms with Crippen molar-refractivity contribution in [3.05, 3.63) is 77.4 Å². The molecule has 3 heterocycles. The third-order valence-electron chi connectivity index (χ3n) is 6.77. The van der Waals surface area contributed by atoms with Crippen LogP contribution in [0.4, 0.5) is 5.13 Å². The molecule has 0 bridgehead atoms. The molecule has 0 aliphatic carbocycles. The van der Waals surface area contributed by atoms with Crippen LogP contribution in [-0.2, 0) is 9.59 Å². The summed E-state index contributed by atoms with van der Waals surface area (Å²) in [6, 6.07) is 16.7. The second-order valence-corrected chi connectivity index (χ2v) is 10.5. The van der Waals surface area contributed by atoms with Crippen LogP contribution in [-0.4, -0.2) is 48.2 Å². The predicted octanol–water partition coefficient (Wildman–Crippen LogP) is 5.88. The first-order chi connectivity index (χ1) is 20.0. The molecule has 1 atom stereocenters. The summed E-state index contributed by atoms with van der Waals surface area (Å²) in [5.41, 5.74) is 1.56. The van der Waals surface area contributed by atoms with E-state index in [1.165, 1.54) is 16.2 Å². The lowest BCUT2D eigenvalue weighted by molar-refractivity contribution is -0.132. The minimum atomic E-state index is -0.944. The molecule has 4 aromatic rings. The number of benzene rings is 3. The molecule has 6 rings (SSSR count).